The molecule has 0 radical (unpaired) electrons. The molecule has 0 saturated carbocycles. The summed E-state index contributed by atoms with van der Waals surface area (Å²) >= 11 is 1.72. The van der Waals surface area contributed by atoms with E-state index in [0.29, 0.717) is 6.54 Å². The Morgan fingerprint density at radius 1 is 1.21 bits per heavy atom. The zero-order valence-corrected chi connectivity index (χ0v) is 17.6. The number of ether oxygens (including phenoxy) is 3. The number of aromatic nitrogens is 3. The minimum Gasteiger partial charge on any atom is -0.373 e. The van der Waals surface area contributed by atoms with E-state index in [1.807, 2.05) is 0 Å². The van der Waals surface area contributed by atoms with Crippen LogP contribution in [0.1, 0.15) is 17.5 Å². The highest BCUT2D eigenvalue weighted by Gasteiger charge is 2.31. The van der Waals surface area contributed by atoms with Crippen LogP contribution < -0.4 is 15.2 Å². The number of pyridine rings is 1. The van der Waals surface area contributed by atoms with Crippen molar-refractivity contribution in [3.63, 3.8) is 0 Å². The van der Waals surface area contributed by atoms with E-state index < -0.39 is 0 Å². The van der Waals surface area contributed by atoms with Crippen LogP contribution in [-0.4, -0.2) is 63.3 Å². The quantitative estimate of drug-likeness (QED) is 0.616. The number of aromatic amines is 1. The number of aryl methyl sites for hydroxylation is 1. The summed E-state index contributed by atoms with van der Waals surface area (Å²) in [6.07, 6.45) is 4.73. The third kappa shape index (κ3) is 3.31. The van der Waals surface area contributed by atoms with Crippen molar-refractivity contribution in [1.29, 1.82) is 0 Å². The second-order valence-corrected chi connectivity index (χ2v) is 8.39. The summed E-state index contributed by atoms with van der Waals surface area (Å²) in [6, 6.07) is 0. The van der Waals surface area contributed by atoms with Crippen molar-refractivity contribution in [1.82, 2.24) is 9.97 Å². The molecule has 0 bridgehead atoms. The number of nitrogens with zero attached hydrogens (tertiary/aromatic N) is 3. The van der Waals surface area contributed by atoms with E-state index in [4.69, 9.17) is 14.2 Å². The van der Waals surface area contributed by atoms with Crippen LogP contribution in [0.2, 0.25) is 0 Å². The van der Waals surface area contributed by atoms with Crippen molar-refractivity contribution in [3.05, 3.63) is 17.5 Å². The van der Waals surface area contributed by atoms with Crippen molar-refractivity contribution in [2.75, 3.05) is 57.3 Å². The molecule has 1 saturated heterocycles. The predicted octanol–water partition coefficient (Wildman–Crippen LogP) is 2.01. The van der Waals surface area contributed by atoms with E-state index >= 15 is 0 Å². The molecule has 1 aliphatic heterocycles. The molecule has 2 N–H and O–H groups in total. The fourth-order valence-electron chi connectivity index (χ4n) is 4.37. The maximum absolute atomic E-state index is 5.56. The average Bonchev–Trinajstić information content (AvgIpc) is 3.39. The molecular formula is C20H26N5O3S+. The average molecular weight is 417 g/mol. The Morgan fingerprint density at radius 3 is 2.79 bits per heavy atom. The molecule has 0 amide bonds. The molecule has 1 aliphatic carbocycles. The van der Waals surface area contributed by atoms with Crippen LogP contribution in [0.3, 0.4) is 0 Å². The molecular weight excluding hydrogens is 390 g/mol. The first-order valence-corrected chi connectivity index (χ1v) is 10.9. The van der Waals surface area contributed by atoms with Crippen molar-refractivity contribution in [2.45, 2.75) is 25.6 Å². The van der Waals surface area contributed by atoms with Gasteiger partial charge < -0.3 is 19.5 Å². The van der Waals surface area contributed by atoms with Gasteiger partial charge in [-0.05, 0) is 24.8 Å². The van der Waals surface area contributed by atoms with E-state index in [2.05, 4.69) is 25.2 Å². The fraction of sp³-hybridized carbons (Fsp3) is 0.550. The first-order chi connectivity index (χ1) is 14.3. The number of methoxy groups -OCH3 is 2. The molecule has 9 heteroatoms. The van der Waals surface area contributed by atoms with Crippen LogP contribution in [0, 0.1) is 0 Å². The normalized spacial score (nSPS) is 16.9. The number of thiophene rings is 1. The largest absolute Gasteiger partial charge is 0.373 e. The summed E-state index contributed by atoms with van der Waals surface area (Å²) in [5.41, 5.74) is 3.92. The van der Waals surface area contributed by atoms with Gasteiger partial charge in [-0.3, -0.25) is 4.90 Å². The number of H-pyrrole nitrogens is 1. The fourth-order valence-corrected chi connectivity index (χ4v) is 5.51. The van der Waals surface area contributed by atoms with E-state index in [-0.39, 0.29) is 6.29 Å². The van der Waals surface area contributed by atoms with Crippen LogP contribution in [0.25, 0.3) is 20.4 Å². The van der Waals surface area contributed by atoms with Gasteiger partial charge in [0.05, 0.1) is 30.7 Å². The second-order valence-electron chi connectivity index (χ2n) is 7.37. The standard InChI is InChI=1S/C20H25N5O3S/c1-26-14(27-2)10-21-18-17-16(22-11-23-18)15-12-4-3-5-13(12)19(24-20(15)29-17)25-6-8-28-9-7-25/h11,14H,3-10H2,1-2H3,(H,21,22,23)/p+1. The van der Waals surface area contributed by atoms with Crippen molar-refractivity contribution in [2.24, 2.45) is 0 Å². The molecule has 3 aromatic heterocycles. The van der Waals surface area contributed by atoms with Gasteiger partial charge in [-0.15, -0.1) is 0 Å². The van der Waals surface area contributed by atoms with Crippen molar-refractivity contribution in [3.8, 4) is 0 Å². The predicted molar refractivity (Wildman–Crippen MR) is 113 cm³/mol. The highest BCUT2D eigenvalue weighted by molar-refractivity contribution is 7.25. The molecule has 0 aromatic carbocycles. The third-order valence-electron chi connectivity index (χ3n) is 5.80. The SMILES string of the molecule is COC(CNc1ncnc2c1sc1[nH+]c(N3CCOCC3)c3c(c12)CCC3)OC. The number of morpholine rings is 1. The first kappa shape index (κ1) is 18.9. The van der Waals surface area contributed by atoms with Crippen LogP contribution in [0.4, 0.5) is 11.6 Å². The Balaban J connectivity index is 1.61. The zero-order valence-electron chi connectivity index (χ0n) is 16.8. The lowest BCUT2D eigenvalue weighted by Gasteiger charge is -2.23. The molecule has 1 fully saturated rings. The summed E-state index contributed by atoms with van der Waals surface area (Å²) < 4.78 is 17.2. The Hall–Kier alpha value is -2.07. The van der Waals surface area contributed by atoms with Crippen LogP contribution in [0.15, 0.2) is 6.33 Å². The Labute approximate surface area is 173 Å². The van der Waals surface area contributed by atoms with Gasteiger partial charge in [-0.2, -0.15) is 0 Å². The van der Waals surface area contributed by atoms with Gasteiger partial charge in [0.2, 0.25) is 0 Å². The maximum atomic E-state index is 5.56. The molecule has 5 rings (SSSR count). The third-order valence-corrected chi connectivity index (χ3v) is 6.90. The van der Waals surface area contributed by atoms with Gasteiger partial charge in [0.15, 0.2) is 11.1 Å². The number of fused-ring (bicyclic) bond motifs is 5. The maximum Gasteiger partial charge on any atom is 0.279 e. The molecule has 8 nitrogen and oxygen atoms in total. The van der Waals surface area contributed by atoms with E-state index in [0.717, 1.165) is 55.2 Å². The highest BCUT2D eigenvalue weighted by Crippen LogP contribution is 2.41. The van der Waals surface area contributed by atoms with Crippen LogP contribution in [0.5, 0.6) is 0 Å². The smallest absolute Gasteiger partial charge is 0.279 e. The van der Waals surface area contributed by atoms with E-state index in [1.165, 1.54) is 33.6 Å². The minimum atomic E-state index is -0.321. The molecule has 0 atom stereocenters. The Kier molecular flexibility index (Phi) is 5.21. The van der Waals surface area contributed by atoms with E-state index in [9.17, 15) is 0 Å². The summed E-state index contributed by atoms with van der Waals surface area (Å²) in [6.45, 7) is 3.95. The van der Waals surface area contributed by atoms with Crippen molar-refractivity contribution >= 4 is 43.4 Å². The van der Waals surface area contributed by atoms with Crippen molar-refractivity contribution < 1.29 is 19.2 Å². The van der Waals surface area contributed by atoms with Crippen LogP contribution >= 0.6 is 11.3 Å². The van der Waals surface area contributed by atoms with Gasteiger partial charge >= 0.3 is 0 Å². The molecule has 0 unspecified atom stereocenters. The lowest BCUT2D eigenvalue weighted by molar-refractivity contribution is -0.328. The van der Waals surface area contributed by atoms with Gasteiger partial charge in [0.25, 0.3) is 5.82 Å². The van der Waals surface area contributed by atoms with Gasteiger partial charge in [-0.25, -0.2) is 15.0 Å². The molecule has 154 valence electrons. The number of anilines is 2. The first-order valence-electron chi connectivity index (χ1n) is 10.1. The Bertz CT molecular complexity index is 1030. The molecule has 0 spiro atoms. The molecule has 4 heterocycles. The van der Waals surface area contributed by atoms with Gasteiger partial charge in [0, 0.05) is 19.8 Å². The number of hydrogen-bond donors (Lipinski definition) is 1. The summed E-state index contributed by atoms with van der Waals surface area (Å²) in [5, 5.41) is 4.62. The minimum absolute atomic E-state index is 0.321. The number of nitrogens with one attached hydrogen (secondary N) is 2. The topological polar surface area (TPSA) is 82.9 Å². The van der Waals surface area contributed by atoms with Gasteiger partial charge in [-0.1, -0.05) is 11.3 Å². The number of rotatable bonds is 6. The van der Waals surface area contributed by atoms with Gasteiger partial charge in [0.1, 0.15) is 29.9 Å². The second kappa shape index (κ2) is 7.98. The Morgan fingerprint density at radius 2 is 2.00 bits per heavy atom. The molecule has 3 aromatic rings. The van der Waals surface area contributed by atoms with E-state index in [1.54, 1.807) is 31.9 Å². The highest BCUT2D eigenvalue weighted by atomic mass is 32.1. The summed E-state index contributed by atoms with van der Waals surface area (Å²) in [5.74, 6) is 2.09. The molecule has 29 heavy (non-hydrogen) atoms. The zero-order chi connectivity index (χ0) is 19.8. The summed E-state index contributed by atoms with van der Waals surface area (Å²) in [4.78, 5) is 16.5. The van der Waals surface area contributed by atoms with Crippen LogP contribution in [-0.2, 0) is 27.1 Å². The monoisotopic (exact) mass is 416 g/mol. The lowest BCUT2D eigenvalue weighted by Crippen LogP contribution is -2.40. The lowest BCUT2D eigenvalue weighted by atomic mass is 10.1. The number of hydrogen-bond acceptors (Lipinski definition) is 8. The molecule has 2 aliphatic rings. The summed E-state index contributed by atoms with van der Waals surface area (Å²) in [7, 11) is 3.27.